The molecule has 4 aromatic rings. The largest absolute Gasteiger partial charge is 0.388 e. The Morgan fingerprint density at radius 3 is 2.55 bits per heavy atom. The Bertz CT molecular complexity index is 1580. The number of hydrogen-bond donors (Lipinski definition) is 2. The van der Waals surface area contributed by atoms with Crippen LogP contribution < -0.4 is 5.32 Å². The quantitative estimate of drug-likeness (QED) is 0.213. The molecule has 2 N–H and O–H groups in total. The van der Waals surface area contributed by atoms with Gasteiger partial charge < -0.3 is 10.3 Å². The molecule has 0 atom stereocenters. The molecule has 40 heavy (non-hydrogen) atoms. The molecule has 1 aliphatic rings. The molecule has 0 radical (unpaired) electrons. The van der Waals surface area contributed by atoms with E-state index in [4.69, 9.17) is 0 Å². The van der Waals surface area contributed by atoms with Crippen LogP contribution in [0.1, 0.15) is 43.0 Å². The highest BCUT2D eigenvalue weighted by Gasteiger charge is 2.16. The standard InChI is InChI=1S/C35H37FN4/c1-5-25(23-40-16-8-7-9-17-40)18-26(6-2)28-12-15-33(37-4)30(19-28)24(3)34-20-31-32(21-38-22-35(31)39-34)27-10-13-29(36)14-11-27/h5-6,10-15,18-22,37,39H,1,3,7-9,16-17,23H2,2,4H3/b25-18+,26-6+. The molecule has 0 unspecified atom stereocenters. The number of hydrogen-bond acceptors (Lipinski definition) is 3. The average Bonchev–Trinajstić information content (AvgIpc) is 3.44. The van der Waals surface area contributed by atoms with Gasteiger partial charge in [-0.15, -0.1) is 0 Å². The predicted molar refractivity (Wildman–Crippen MR) is 168 cm³/mol. The molecule has 204 valence electrons. The van der Waals surface area contributed by atoms with Gasteiger partial charge in [-0.2, -0.15) is 0 Å². The Labute approximate surface area is 236 Å². The molecule has 1 saturated heterocycles. The topological polar surface area (TPSA) is 44.0 Å². The van der Waals surface area contributed by atoms with Gasteiger partial charge in [0.05, 0.1) is 11.7 Å². The molecule has 0 bridgehead atoms. The van der Waals surface area contributed by atoms with Crippen molar-refractivity contribution in [2.24, 2.45) is 0 Å². The summed E-state index contributed by atoms with van der Waals surface area (Å²) < 4.78 is 13.5. The lowest BCUT2D eigenvalue weighted by atomic mass is 9.95. The first-order chi connectivity index (χ1) is 19.5. The van der Waals surface area contributed by atoms with Crippen LogP contribution in [-0.4, -0.2) is 41.5 Å². The van der Waals surface area contributed by atoms with Crippen LogP contribution in [0.3, 0.4) is 0 Å². The second-order valence-corrected chi connectivity index (χ2v) is 10.3. The third-order valence-electron chi connectivity index (χ3n) is 7.74. The number of benzene rings is 2. The number of rotatable bonds is 9. The van der Waals surface area contributed by atoms with E-state index in [1.807, 2.05) is 25.5 Å². The Balaban J connectivity index is 1.48. The number of aromatic nitrogens is 2. The number of piperidine rings is 1. The number of fused-ring (bicyclic) bond motifs is 1. The van der Waals surface area contributed by atoms with Crippen molar-refractivity contribution in [3.8, 4) is 11.1 Å². The number of allylic oxidation sites excluding steroid dienone is 3. The summed E-state index contributed by atoms with van der Waals surface area (Å²) in [4.78, 5) is 10.5. The fraction of sp³-hybridized carbons (Fsp3) is 0.229. The first-order valence-electron chi connectivity index (χ1n) is 14.0. The summed E-state index contributed by atoms with van der Waals surface area (Å²) in [6.07, 6.45) is 13.9. The number of likely N-dealkylation sites (tertiary alicyclic amines) is 1. The molecule has 5 heteroatoms. The van der Waals surface area contributed by atoms with E-state index in [9.17, 15) is 4.39 Å². The minimum absolute atomic E-state index is 0.256. The minimum Gasteiger partial charge on any atom is -0.388 e. The van der Waals surface area contributed by atoms with Crippen LogP contribution in [0.5, 0.6) is 0 Å². The number of aromatic amines is 1. The normalized spacial score (nSPS) is 14.9. The maximum Gasteiger partial charge on any atom is 0.123 e. The van der Waals surface area contributed by atoms with E-state index >= 15 is 0 Å². The van der Waals surface area contributed by atoms with Crippen LogP contribution in [0.2, 0.25) is 0 Å². The van der Waals surface area contributed by atoms with E-state index in [1.165, 1.54) is 37.0 Å². The lowest BCUT2D eigenvalue weighted by Gasteiger charge is -2.26. The van der Waals surface area contributed by atoms with Crippen molar-refractivity contribution in [1.29, 1.82) is 0 Å². The number of nitrogens with zero attached hydrogens (tertiary/aromatic N) is 2. The SMILES string of the molecule is C=C/C(=C\C(=C/C)c1ccc(NC)c(C(=C)c2cc3c(-c4ccc(F)cc4)cncc3[nH]2)c1)CN1CCCCC1. The smallest absolute Gasteiger partial charge is 0.123 e. The number of H-pyrrole nitrogens is 1. The average molecular weight is 533 g/mol. The van der Waals surface area contributed by atoms with Gasteiger partial charge in [0.1, 0.15) is 5.82 Å². The van der Waals surface area contributed by atoms with Crippen molar-refractivity contribution in [1.82, 2.24) is 14.9 Å². The zero-order valence-corrected chi connectivity index (χ0v) is 23.4. The summed E-state index contributed by atoms with van der Waals surface area (Å²) in [5, 5.41) is 4.35. The Morgan fingerprint density at radius 2 is 1.85 bits per heavy atom. The van der Waals surface area contributed by atoms with Crippen molar-refractivity contribution < 1.29 is 4.39 Å². The first kappa shape index (κ1) is 27.4. The van der Waals surface area contributed by atoms with Gasteiger partial charge in [0.15, 0.2) is 0 Å². The van der Waals surface area contributed by atoms with Crippen molar-refractivity contribution in [2.75, 3.05) is 32.0 Å². The number of anilines is 1. The summed E-state index contributed by atoms with van der Waals surface area (Å²) in [5.74, 6) is -0.256. The molecule has 4 nitrogen and oxygen atoms in total. The lowest BCUT2D eigenvalue weighted by Crippen LogP contribution is -2.31. The van der Waals surface area contributed by atoms with Crippen molar-refractivity contribution >= 4 is 27.7 Å². The van der Waals surface area contributed by atoms with Crippen LogP contribution in [0.15, 0.2) is 97.9 Å². The molecule has 2 aromatic carbocycles. The molecular formula is C35H37FN4. The maximum absolute atomic E-state index is 13.5. The van der Waals surface area contributed by atoms with Gasteiger partial charge in [-0.25, -0.2) is 4.39 Å². The Kier molecular flexibility index (Phi) is 8.42. The fourth-order valence-corrected chi connectivity index (χ4v) is 5.49. The molecule has 0 amide bonds. The molecule has 0 spiro atoms. The van der Waals surface area contributed by atoms with Gasteiger partial charge in [0.2, 0.25) is 0 Å². The van der Waals surface area contributed by atoms with Gasteiger partial charge in [-0.3, -0.25) is 9.88 Å². The van der Waals surface area contributed by atoms with Gasteiger partial charge in [0.25, 0.3) is 0 Å². The molecule has 3 heterocycles. The monoisotopic (exact) mass is 532 g/mol. The summed E-state index contributed by atoms with van der Waals surface area (Å²) in [7, 11) is 1.93. The number of pyridine rings is 1. The maximum atomic E-state index is 13.5. The van der Waals surface area contributed by atoms with Crippen LogP contribution >= 0.6 is 0 Å². The predicted octanol–water partition coefficient (Wildman–Crippen LogP) is 8.47. The summed E-state index contributed by atoms with van der Waals surface area (Å²) >= 11 is 0. The van der Waals surface area contributed by atoms with E-state index in [0.29, 0.717) is 0 Å². The highest BCUT2D eigenvalue weighted by molar-refractivity contribution is 5.98. The Morgan fingerprint density at radius 1 is 1.07 bits per heavy atom. The van der Waals surface area contributed by atoms with Gasteiger partial charge in [0, 0.05) is 53.3 Å². The van der Waals surface area contributed by atoms with Crippen molar-refractivity contribution in [2.45, 2.75) is 26.2 Å². The molecular weight excluding hydrogens is 495 g/mol. The molecule has 0 aliphatic carbocycles. The van der Waals surface area contributed by atoms with E-state index in [0.717, 1.165) is 75.3 Å². The van der Waals surface area contributed by atoms with Crippen LogP contribution in [0.25, 0.3) is 33.2 Å². The molecule has 1 fully saturated rings. The summed E-state index contributed by atoms with van der Waals surface area (Å²) in [6, 6.07) is 15.1. The van der Waals surface area contributed by atoms with E-state index < -0.39 is 0 Å². The molecule has 0 saturated carbocycles. The van der Waals surface area contributed by atoms with E-state index in [1.54, 1.807) is 12.1 Å². The van der Waals surface area contributed by atoms with Gasteiger partial charge in [-0.1, -0.05) is 56.0 Å². The number of nitrogens with one attached hydrogen (secondary N) is 2. The highest BCUT2D eigenvalue weighted by Crippen LogP contribution is 2.35. The second kappa shape index (κ2) is 12.3. The first-order valence-corrected chi connectivity index (χ1v) is 14.0. The molecule has 5 rings (SSSR count). The van der Waals surface area contributed by atoms with Gasteiger partial charge in [-0.05, 0) is 85.5 Å². The minimum atomic E-state index is -0.256. The Hall–Kier alpha value is -4.22. The zero-order chi connectivity index (χ0) is 28.1. The van der Waals surface area contributed by atoms with Crippen LogP contribution in [-0.2, 0) is 0 Å². The van der Waals surface area contributed by atoms with Crippen molar-refractivity contribution in [3.63, 3.8) is 0 Å². The summed E-state index contributed by atoms with van der Waals surface area (Å²) in [5.41, 5.74) is 10.1. The third-order valence-corrected chi connectivity index (χ3v) is 7.74. The van der Waals surface area contributed by atoms with E-state index in [-0.39, 0.29) is 5.82 Å². The number of halogens is 1. The second-order valence-electron chi connectivity index (χ2n) is 10.3. The molecule has 1 aliphatic heterocycles. The van der Waals surface area contributed by atoms with Gasteiger partial charge >= 0.3 is 0 Å². The molecule has 2 aromatic heterocycles. The highest BCUT2D eigenvalue weighted by atomic mass is 19.1. The lowest BCUT2D eigenvalue weighted by molar-refractivity contribution is 0.248. The fourth-order valence-electron chi connectivity index (χ4n) is 5.49. The zero-order valence-electron chi connectivity index (χ0n) is 23.4. The van der Waals surface area contributed by atoms with Crippen LogP contribution in [0, 0.1) is 5.82 Å². The van der Waals surface area contributed by atoms with E-state index in [2.05, 4.69) is 76.7 Å². The summed E-state index contributed by atoms with van der Waals surface area (Å²) in [6.45, 7) is 13.9. The van der Waals surface area contributed by atoms with Crippen molar-refractivity contribution in [3.05, 3.63) is 121 Å². The van der Waals surface area contributed by atoms with Crippen LogP contribution in [0.4, 0.5) is 10.1 Å². The third kappa shape index (κ3) is 5.85.